The monoisotopic (exact) mass is 347 g/mol. The highest BCUT2D eigenvalue weighted by Gasteiger charge is 2.15. The molecule has 0 aliphatic heterocycles. The summed E-state index contributed by atoms with van der Waals surface area (Å²) in [4.78, 5) is 1.91. The minimum absolute atomic E-state index is 0.170. The first kappa shape index (κ1) is 19.2. The Kier molecular flexibility index (Phi) is 7.73. The lowest BCUT2D eigenvalue weighted by atomic mass is 10.1. The zero-order valence-electron chi connectivity index (χ0n) is 14.1. The van der Waals surface area contributed by atoms with Crippen LogP contribution in [0.2, 0.25) is 0 Å². The zero-order chi connectivity index (χ0) is 18.1. The highest BCUT2D eigenvalue weighted by Crippen LogP contribution is 2.15. The summed E-state index contributed by atoms with van der Waals surface area (Å²) in [5, 5.41) is 10.2. The number of nitrogens with zero attached hydrogens (tertiary/aromatic N) is 1. The molecule has 0 radical (unpaired) electrons. The van der Waals surface area contributed by atoms with Gasteiger partial charge in [-0.25, -0.2) is 8.78 Å². The molecule has 0 fully saturated rings. The lowest BCUT2D eigenvalue weighted by Gasteiger charge is -2.25. The SMILES string of the molecule is C=CCOC[C@@H](O)CN(Cc1ccccc1)Cc1ccc(F)cc1F. The number of halogens is 2. The molecule has 2 aromatic carbocycles. The van der Waals surface area contributed by atoms with E-state index in [1.165, 1.54) is 12.1 Å². The molecule has 0 aromatic heterocycles. The fourth-order valence-electron chi connectivity index (χ4n) is 2.56. The highest BCUT2D eigenvalue weighted by atomic mass is 19.1. The van der Waals surface area contributed by atoms with Crippen molar-refractivity contribution in [3.05, 3.63) is 83.9 Å². The summed E-state index contributed by atoms with van der Waals surface area (Å²) < 4.78 is 32.3. The van der Waals surface area contributed by atoms with Gasteiger partial charge in [-0.3, -0.25) is 4.90 Å². The van der Waals surface area contributed by atoms with Crippen molar-refractivity contribution in [2.75, 3.05) is 19.8 Å². The van der Waals surface area contributed by atoms with Crippen molar-refractivity contribution in [1.82, 2.24) is 4.90 Å². The van der Waals surface area contributed by atoms with Gasteiger partial charge in [-0.05, 0) is 11.6 Å². The molecule has 2 rings (SSSR count). The molecule has 0 saturated carbocycles. The van der Waals surface area contributed by atoms with E-state index in [-0.39, 0.29) is 13.2 Å². The lowest BCUT2D eigenvalue weighted by molar-refractivity contribution is 0.0226. The number of ether oxygens (including phenoxy) is 1. The van der Waals surface area contributed by atoms with E-state index >= 15 is 0 Å². The molecule has 0 spiro atoms. The highest BCUT2D eigenvalue weighted by molar-refractivity contribution is 5.19. The smallest absolute Gasteiger partial charge is 0.130 e. The molecule has 5 heteroatoms. The number of rotatable bonds is 10. The van der Waals surface area contributed by atoms with Gasteiger partial charge in [0.05, 0.1) is 19.3 Å². The van der Waals surface area contributed by atoms with E-state index in [9.17, 15) is 13.9 Å². The average molecular weight is 347 g/mol. The molecule has 0 aliphatic rings. The molecule has 0 aliphatic carbocycles. The molecule has 2 aromatic rings. The van der Waals surface area contributed by atoms with Crippen LogP contribution in [0.15, 0.2) is 61.2 Å². The number of aliphatic hydroxyl groups is 1. The van der Waals surface area contributed by atoms with Gasteiger partial charge in [-0.15, -0.1) is 6.58 Å². The normalized spacial score (nSPS) is 12.3. The van der Waals surface area contributed by atoms with Gasteiger partial charge in [-0.2, -0.15) is 0 Å². The Morgan fingerprint density at radius 3 is 2.56 bits per heavy atom. The van der Waals surface area contributed by atoms with Crippen molar-refractivity contribution in [2.24, 2.45) is 0 Å². The standard InChI is InChI=1S/C20H23F2NO2/c1-2-10-25-15-19(24)14-23(12-16-6-4-3-5-7-16)13-17-8-9-18(21)11-20(17)22/h2-9,11,19,24H,1,10,12-15H2/t19-/m0/s1. The van der Waals surface area contributed by atoms with Gasteiger partial charge in [0.1, 0.15) is 11.6 Å². The van der Waals surface area contributed by atoms with E-state index in [0.29, 0.717) is 25.3 Å². The Bertz CT molecular complexity index is 664. The van der Waals surface area contributed by atoms with Crippen molar-refractivity contribution < 1.29 is 18.6 Å². The molecule has 1 N–H and O–H groups in total. The Labute approximate surface area is 147 Å². The number of benzene rings is 2. The van der Waals surface area contributed by atoms with Crippen LogP contribution in [0.3, 0.4) is 0 Å². The minimum atomic E-state index is -0.716. The quantitative estimate of drug-likeness (QED) is 0.527. The van der Waals surface area contributed by atoms with E-state index < -0.39 is 17.7 Å². The molecular weight excluding hydrogens is 324 g/mol. The van der Waals surface area contributed by atoms with Gasteiger partial charge in [0.15, 0.2) is 0 Å². The van der Waals surface area contributed by atoms with Crippen LogP contribution in [0, 0.1) is 11.6 Å². The first-order valence-electron chi connectivity index (χ1n) is 8.15. The molecule has 0 bridgehead atoms. The second-order valence-electron chi connectivity index (χ2n) is 5.87. The molecular formula is C20H23F2NO2. The molecule has 0 heterocycles. The molecule has 134 valence electrons. The predicted octanol–water partition coefficient (Wildman–Crippen LogP) is 3.53. The summed E-state index contributed by atoms with van der Waals surface area (Å²) in [6.45, 7) is 5.20. The van der Waals surface area contributed by atoms with E-state index in [0.717, 1.165) is 11.6 Å². The van der Waals surface area contributed by atoms with Crippen LogP contribution in [0.25, 0.3) is 0 Å². The Hall–Kier alpha value is -2.08. The fourth-order valence-corrected chi connectivity index (χ4v) is 2.56. The summed E-state index contributed by atoms with van der Waals surface area (Å²) in [7, 11) is 0. The Morgan fingerprint density at radius 2 is 1.88 bits per heavy atom. The topological polar surface area (TPSA) is 32.7 Å². The average Bonchev–Trinajstić information content (AvgIpc) is 2.58. The summed E-state index contributed by atoms with van der Waals surface area (Å²) >= 11 is 0. The van der Waals surface area contributed by atoms with Crippen LogP contribution in [0.4, 0.5) is 8.78 Å². The fraction of sp³-hybridized carbons (Fsp3) is 0.300. The summed E-state index contributed by atoms with van der Waals surface area (Å²) in [5.74, 6) is -1.19. The second-order valence-corrected chi connectivity index (χ2v) is 5.87. The third kappa shape index (κ3) is 6.74. The second kappa shape index (κ2) is 10.0. The molecule has 3 nitrogen and oxygen atoms in total. The molecule has 0 saturated heterocycles. The Balaban J connectivity index is 2.06. The van der Waals surface area contributed by atoms with Crippen LogP contribution in [-0.4, -0.2) is 35.9 Å². The van der Waals surface area contributed by atoms with Crippen LogP contribution in [0.1, 0.15) is 11.1 Å². The van der Waals surface area contributed by atoms with Crippen molar-refractivity contribution in [3.63, 3.8) is 0 Å². The van der Waals surface area contributed by atoms with E-state index in [1.807, 2.05) is 35.2 Å². The maximum Gasteiger partial charge on any atom is 0.130 e. The van der Waals surface area contributed by atoms with Gasteiger partial charge in [-0.1, -0.05) is 42.5 Å². The maximum absolute atomic E-state index is 14.0. The third-order valence-corrected chi connectivity index (χ3v) is 3.67. The first-order valence-corrected chi connectivity index (χ1v) is 8.15. The van der Waals surface area contributed by atoms with Crippen LogP contribution < -0.4 is 0 Å². The molecule has 1 atom stereocenters. The van der Waals surface area contributed by atoms with Gasteiger partial charge in [0, 0.05) is 31.3 Å². The van der Waals surface area contributed by atoms with Crippen molar-refractivity contribution in [2.45, 2.75) is 19.2 Å². The van der Waals surface area contributed by atoms with Crippen molar-refractivity contribution >= 4 is 0 Å². The van der Waals surface area contributed by atoms with Gasteiger partial charge in [0.25, 0.3) is 0 Å². The lowest BCUT2D eigenvalue weighted by Crippen LogP contribution is -2.34. The molecule has 0 unspecified atom stereocenters. The van der Waals surface area contributed by atoms with Crippen LogP contribution in [-0.2, 0) is 17.8 Å². The van der Waals surface area contributed by atoms with Crippen molar-refractivity contribution in [1.29, 1.82) is 0 Å². The summed E-state index contributed by atoms with van der Waals surface area (Å²) in [6.07, 6.45) is 0.898. The van der Waals surface area contributed by atoms with E-state index in [2.05, 4.69) is 6.58 Å². The zero-order valence-corrected chi connectivity index (χ0v) is 14.1. The summed E-state index contributed by atoms with van der Waals surface area (Å²) in [6, 6.07) is 13.3. The number of hydrogen-bond donors (Lipinski definition) is 1. The molecule has 25 heavy (non-hydrogen) atoms. The van der Waals surface area contributed by atoms with Gasteiger partial charge in [0.2, 0.25) is 0 Å². The van der Waals surface area contributed by atoms with E-state index in [4.69, 9.17) is 4.74 Å². The first-order chi connectivity index (χ1) is 12.1. The van der Waals surface area contributed by atoms with E-state index in [1.54, 1.807) is 6.08 Å². The number of hydrogen-bond acceptors (Lipinski definition) is 3. The largest absolute Gasteiger partial charge is 0.389 e. The Morgan fingerprint density at radius 1 is 1.12 bits per heavy atom. The van der Waals surface area contributed by atoms with Crippen LogP contribution >= 0.6 is 0 Å². The van der Waals surface area contributed by atoms with Gasteiger partial charge < -0.3 is 9.84 Å². The minimum Gasteiger partial charge on any atom is -0.389 e. The predicted molar refractivity (Wildman–Crippen MR) is 93.9 cm³/mol. The van der Waals surface area contributed by atoms with Gasteiger partial charge >= 0.3 is 0 Å². The van der Waals surface area contributed by atoms with Crippen molar-refractivity contribution in [3.8, 4) is 0 Å². The third-order valence-electron chi connectivity index (χ3n) is 3.67. The maximum atomic E-state index is 14.0. The van der Waals surface area contributed by atoms with Crippen LogP contribution in [0.5, 0.6) is 0 Å². The number of aliphatic hydroxyl groups excluding tert-OH is 1. The summed E-state index contributed by atoms with van der Waals surface area (Å²) in [5.41, 5.74) is 1.43. The molecule has 0 amide bonds.